The summed E-state index contributed by atoms with van der Waals surface area (Å²) in [6.07, 6.45) is 9.13. The largest absolute Gasteiger partial charge is 0.390 e. The molecule has 4 aliphatic rings. The summed E-state index contributed by atoms with van der Waals surface area (Å²) in [5, 5.41) is 9.87. The summed E-state index contributed by atoms with van der Waals surface area (Å²) < 4.78 is 0. The van der Waals surface area contributed by atoms with Gasteiger partial charge >= 0.3 is 0 Å². The summed E-state index contributed by atoms with van der Waals surface area (Å²) in [5.74, 6) is 1.99. The molecule has 1 heterocycles. The molecule has 3 saturated carbocycles. The molecule has 1 saturated heterocycles. The summed E-state index contributed by atoms with van der Waals surface area (Å²) in [5.41, 5.74) is 2.87. The Bertz CT molecular complexity index is 707. The van der Waals surface area contributed by atoms with Crippen molar-refractivity contribution in [3.63, 3.8) is 0 Å². The van der Waals surface area contributed by atoms with Crippen molar-refractivity contribution in [3.05, 3.63) is 35.4 Å². The van der Waals surface area contributed by atoms with Gasteiger partial charge in [-0.25, -0.2) is 0 Å². The Labute approximate surface area is 156 Å². The third-order valence-electron chi connectivity index (χ3n) is 7.41. The second-order valence-electron chi connectivity index (χ2n) is 10.1. The second kappa shape index (κ2) is 5.82. The van der Waals surface area contributed by atoms with Crippen molar-refractivity contribution in [2.45, 2.75) is 69.8 Å². The molecule has 1 spiro atoms. The number of amides is 1. The van der Waals surface area contributed by atoms with Gasteiger partial charge in [0.25, 0.3) is 0 Å². The Balaban J connectivity index is 1.14. The maximum atomic E-state index is 12.5. The van der Waals surface area contributed by atoms with Crippen molar-refractivity contribution in [3.8, 4) is 0 Å². The van der Waals surface area contributed by atoms with Crippen molar-refractivity contribution < 1.29 is 9.90 Å². The van der Waals surface area contributed by atoms with Gasteiger partial charge < -0.3 is 10.0 Å². The van der Waals surface area contributed by atoms with Gasteiger partial charge in [-0.3, -0.25) is 4.79 Å². The van der Waals surface area contributed by atoms with Crippen LogP contribution in [0.15, 0.2) is 24.3 Å². The number of nitrogens with zero attached hydrogens (tertiary/aromatic N) is 1. The van der Waals surface area contributed by atoms with Gasteiger partial charge in [0.1, 0.15) is 0 Å². The van der Waals surface area contributed by atoms with E-state index in [1.54, 1.807) is 5.56 Å². The van der Waals surface area contributed by atoms with Gasteiger partial charge in [-0.2, -0.15) is 0 Å². The summed E-state index contributed by atoms with van der Waals surface area (Å²) in [7, 11) is 0. The quantitative estimate of drug-likeness (QED) is 0.892. The molecule has 1 atom stereocenters. The number of aliphatic hydroxyl groups is 1. The van der Waals surface area contributed by atoms with Crippen LogP contribution in [0.2, 0.25) is 0 Å². The van der Waals surface area contributed by atoms with E-state index < -0.39 is 5.60 Å². The monoisotopic (exact) mass is 353 g/mol. The standard InChI is InChI=1S/C23H31NO2/c1-22(26)12-20(13-22)21(25)24-14-23(15-24)8-7-17(11-23)9-16-3-2-4-19(10-16)18-5-6-18/h2-4,10,17-18,20,26H,5-9,11-15H2,1H3/t17?,20-,22+. The molecule has 4 fully saturated rings. The van der Waals surface area contributed by atoms with E-state index in [0.717, 1.165) is 24.9 Å². The highest BCUT2D eigenvalue weighted by Gasteiger charge is 2.52. The van der Waals surface area contributed by atoms with E-state index in [1.807, 2.05) is 6.92 Å². The predicted octanol–water partition coefficient (Wildman–Crippen LogP) is 3.90. The number of benzene rings is 1. The van der Waals surface area contributed by atoms with Crippen LogP contribution in [0.25, 0.3) is 0 Å². The van der Waals surface area contributed by atoms with E-state index in [0.29, 0.717) is 24.2 Å². The Hall–Kier alpha value is -1.35. The zero-order valence-electron chi connectivity index (χ0n) is 15.9. The second-order valence-corrected chi connectivity index (χ2v) is 10.1. The summed E-state index contributed by atoms with van der Waals surface area (Å²) in [4.78, 5) is 14.6. The normalized spacial score (nSPS) is 35.2. The minimum absolute atomic E-state index is 0.0738. The number of carbonyl (C=O) groups excluding carboxylic acids is 1. The third kappa shape index (κ3) is 3.09. The maximum Gasteiger partial charge on any atom is 0.225 e. The summed E-state index contributed by atoms with van der Waals surface area (Å²) in [6, 6.07) is 9.28. The lowest BCUT2D eigenvalue weighted by Gasteiger charge is -2.52. The van der Waals surface area contributed by atoms with Gasteiger partial charge in [-0.1, -0.05) is 24.3 Å². The Morgan fingerprint density at radius 1 is 1.19 bits per heavy atom. The fourth-order valence-corrected chi connectivity index (χ4v) is 5.87. The highest BCUT2D eigenvalue weighted by molar-refractivity contribution is 5.81. The molecule has 1 unspecified atom stereocenters. The van der Waals surface area contributed by atoms with Crippen molar-refractivity contribution in [2.75, 3.05) is 13.1 Å². The Morgan fingerprint density at radius 3 is 2.65 bits per heavy atom. The van der Waals surface area contributed by atoms with Crippen molar-refractivity contribution in [1.82, 2.24) is 4.90 Å². The molecule has 1 N–H and O–H groups in total. The van der Waals surface area contributed by atoms with Gasteiger partial charge in [0, 0.05) is 24.4 Å². The zero-order valence-corrected chi connectivity index (χ0v) is 15.9. The number of hydrogen-bond acceptors (Lipinski definition) is 2. The molecule has 1 amide bonds. The predicted molar refractivity (Wildman–Crippen MR) is 102 cm³/mol. The first-order valence-corrected chi connectivity index (χ1v) is 10.5. The van der Waals surface area contributed by atoms with Crippen LogP contribution in [-0.4, -0.2) is 34.6 Å². The van der Waals surface area contributed by atoms with Crippen LogP contribution >= 0.6 is 0 Å². The van der Waals surface area contributed by atoms with Gasteiger partial charge in [-0.05, 0) is 81.3 Å². The van der Waals surface area contributed by atoms with Gasteiger partial charge in [0.15, 0.2) is 0 Å². The number of likely N-dealkylation sites (tertiary alicyclic amines) is 1. The van der Waals surface area contributed by atoms with Crippen LogP contribution in [-0.2, 0) is 11.2 Å². The van der Waals surface area contributed by atoms with E-state index in [4.69, 9.17) is 0 Å². The van der Waals surface area contributed by atoms with E-state index in [2.05, 4.69) is 29.2 Å². The minimum Gasteiger partial charge on any atom is -0.390 e. The van der Waals surface area contributed by atoms with E-state index >= 15 is 0 Å². The molecule has 5 rings (SSSR count). The molecule has 1 aromatic carbocycles. The molecule has 26 heavy (non-hydrogen) atoms. The zero-order chi connectivity index (χ0) is 17.9. The molecule has 3 aliphatic carbocycles. The fourth-order valence-electron chi connectivity index (χ4n) is 5.87. The molecule has 0 bridgehead atoms. The van der Waals surface area contributed by atoms with Gasteiger partial charge in [0.2, 0.25) is 5.91 Å². The molecule has 1 aromatic rings. The lowest BCUT2D eigenvalue weighted by atomic mass is 9.69. The molecular weight excluding hydrogens is 322 g/mol. The van der Waals surface area contributed by atoms with Crippen molar-refractivity contribution >= 4 is 5.91 Å². The smallest absolute Gasteiger partial charge is 0.225 e. The van der Waals surface area contributed by atoms with Gasteiger partial charge in [-0.15, -0.1) is 0 Å². The molecule has 140 valence electrons. The lowest BCUT2D eigenvalue weighted by molar-refractivity contribution is -0.161. The first-order valence-electron chi connectivity index (χ1n) is 10.5. The number of rotatable bonds is 4. The Morgan fingerprint density at radius 2 is 1.96 bits per heavy atom. The van der Waals surface area contributed by atoms with Crippen LogP contribution in [0.1, 0.15) is 68.9 Å². The summed E-state index contributed by atoms with van der Waals surface area (Å²) in [6.45, 7) is 3.76. The maximum absolute atomic E-state index is 12.5. The minimum atomic E-state index is -0.601. The van der Waals surface area contributed by atoms with Crippen LogP contribution in [0.5, 0.6) is 0 Å². The molecule has 1 aliphatic heterocycles. The highest BCUT2D eigenvalue weighted by Crippen LogP contribution is 2.50. The topological polar surface area (TPSA) is 40.5 Å². The van der Waals surface area contributed by atoms with Crippen LogP contribution in [0.3, 0.4) is 0 Å². The summed E-state index contributed by atoms with van der Waals surface area (Å²) >= 11 is 0. The first kappa shape index (κ1) is 16.8. The molecule has 0 radical (unpaired) electrons. The highest BCUT2D eigenvalue weighted by atomic mass is 16.3. The first-order chi connectivity index (χ1) is 12.4. The lowest BCUT2D eigenvalue weighted by Crippen LogP contribution is -2.61. The Kier molecular flexibility index (Phi) is 3.76. The molecule has 3 heteroatoms. The molecular formula is C23H31NO2. The van der Waals surface area contributed by atoms with Crippen LogP contribution in [0.4, 0.5) is 0 Å². The van der Waals surface area contributed by atoms with Gasteiger partial charge in [0.05, 0.1) is 5.60 Å². The SMILES string of the molecule is C[C@]1(O)C[C@@H](C(=O)N2CC3(CCC(Cc4cccc(C5CC5)c4)C3)C2)C1. The number of carbonyl (C=O) groups is 1. The van der Waals surface area contributed by atoms with Crippen LogP contribution < -0.4 is 0 Å². The van der Waals surface area contributed by atoms with E-state index in [-0.39, 0.29) is 5.92 Å². The molecule has 0 aromatic heterocycles. The van der Waals surface area contributed by atoms with Crippen molar-refractivity contribution in [1.29, 1.82) is 0 Å². The number of hydrogen-bond donors (Lipinski definition) is 1. The molecule has 3 nitrogen and oxygen atoms in total. The van der Waals surface area contributed by atoms with Crippen molar-refractivity contribution in [2.24, 2.45) is 17.3 Å². The third-order valence-corrected chi connectivity index (χ3v) is 7.41. The van der Waals surface area contributed by atoms with E-state index in [9.17, 15) is 9.90 Å². The van der Waals surface area contributed by atoms with Crippen LogP contribution in [0, 0.1) is 17.3 Å². The van der Waals surface area contributed by atoms with E-state index in [1.165, 1.54) is 44.1 Å². The average Bonchev–Trinajstić information content (AvgIpc) is 3.32. The average molecular weight is 354 g/mol. The fraction of sp³-hybridized carbons (Fsp3) is 0.696.